The Morgan fingerprint density at radius 1 is 0.800 bits per heavy atom. The molecule has 0 radical (unpaired) electrons. The molecule has 2 fully saturated rings. The summed E-state index contributed by atoms with van der Waals surface area (Å²) in [5, 5.41) is 5.37. The summed E-state index contributed by atoms with van der Waals surface area (Å²) < 4.78 is 9.56. The quantitative estimate of drug-likeness (QED) is 0.131. The van der Waals surface area contributed by atoms with Gasteiger partial charge in [0, 0.05) is 24.5 Å². The molecule has 0 unspecified atom stereocenters. The maximum absolute atomic E-state index is 13.8. The highest BCUT2D eigenvalue weighted by molar-refractivity contribution is 5.89. The Bertz CT molecular complexity index is 2120. The van der Waals surface area contributed by atoms with E-state index in [0.29, 0.717) is 18.7 Å². The molecule has 4 heterocycles. The largest absolute Gasteiger partial charge is 0.453 e. The second-order valence-corrected chi connectivity index (χ2v) is 15.3. The minimum atomic E-state index is -0.850. The fourth-order valence-corrected chi connectivity index (χ4v) is 8.59. The summed E-state index contributed by atoms with van der Waals surface area (Å²) >= 11 is 0. The van der Waals surface area contributed by atoms with Crippen LogP contribution in [-0.2, 0) is 31.9 Å². The minimum Gasteiger partial charge on any atom is -0.453 e. The summed E-state index contributed by atoms with van der Waals surface area (Å²) in [5.41, 5.74) is 10.3. The van der Waals surface area contributed by atoms with Gasteiger partial charge in [-0.15, -0.1) is 0 Å². The Morgan fingerprint density at radius 2 is 1.42 bits per heavy atom. The number of hydrogen-bond acceptors (Lipinski definition) is 7. The van der Waals surface area contributed by atoms with E-state index in [-0.39, 0.29) is 29.8 Å². The van der Waals surface area contributed by atoms with Gasteiger partial charge in [0.15, 0.2) is 0 Å². The van der Waals surface area contributed by atoms with Gasteiger partial charge in [-0.2, -0.15) is 0 Å². The molecule has 0 saturated carbocycles. The van der Waals surface area contributed by atoms with Crippen molar-refractivity contribution in [2.75, 3.05) is 27.3 Å². The molecule has 55 heavy (non-hydrogen) atoms. The van der Waals surface area contributed by atoms with Crippen molar-refractivity contribution in [3.05, 3.63) is 77.3 Å². The van der Waals surface area contributed by atoms with Gasteiger partial charge in [0.05, 0.1) is 37.3 Å². The van der Waals surface area contributed by atoms with Gasteiger partial charge in [0.1, 0.15) is 17.9 Å². The predicted molar refractivity (Wildman–Crippen MR) is 209 cm³/mol. The van der Waals surface area contributed by atoms with Crippen LogP contribution in [-0.4, -0.2) is 88.1 Å². The third-order valence-electron chi connectivity index (χ3n) is 11.4. The monoisotopic (exact) mass is 749 g/mol. The molecular weight excluding hydrogens is 699 g/mol. The van der Waals surface area contributed by atoms with Crippen molar-refractivity contribution in [1.29, 1.82) is 0 Å². The number of alkyl carbamates (subject to hydrolysis) is 2. The van der Waals surface area contributed by atoms with Gasteiger partial charge in [-0.1, -0.05) is 50.8 Å². The summed E-state index contributed by atoms with van der Waals surface area (Å²) in [6.07, 6.45) is 5.08. The van der Waals surface area contributed by atoms with Crippen LogP contribution in [0, 0.1) is 5.92 Å². The summed E-state index contributed by atoms with van der Waals surface area (Å²) in [4.78, 5) is 67.4. The molecule has 2 aliphatic heterocycles. The van der Waals surface area contributed by atoms with Crippen LogP contribution in [0.15, 0.2) is 54.6 Å². The smallest absolute Gasteiger partial charge is 0.407 e. The molecule has 290 valence electrons. The standard InChI is InChI=1S/C42H51N7O6/c1-23(2)34(46-41(52)54-5)39(50)48-20-8-12-32(48)37-29-11-7-10-28(29)36(45-37)26-16-14-25(15-17-26)27-18-19-30-31(22-27)44-38(43-30)33-13-9-21-49(33)40(51)35(24(3)4)47-42(53)55-6/h14-19,22,24,32-35,45H,1,7-13,20-21H2,2-6H3,(H,43,44)(H,46,52)(H,47,53)/t32-,33-,34-,35-/m0/s1. The molecular formula is C42H51N7O6. The molecule has 0 spiro atoms. The Kier molecular flexibility index (Phi) is 10.7. The highest BCUT2D eigenvalue weighted by atomic mass is 16.5. The van der Waals surface area contributed by atoms with Crippen LogP contribution in [0.25, 0.3) is 33.4 Å². The Balaban J connectivity index is 1.10. The molecule has 4 atom stereocenters. The number of amides is 4. The van der Waals surface area contributed by atoms with E-state index in [2.05, 4.69) is 63.6 Å². The van der Waals surface area contributed by atoms with Gasteiger partial charge in [-0.05, 0) is 103 Å². The Morgan fingerprint density at radius 3 is 2.09 bits per heavy atom. The van der Waals surface area contributed by atoms with Gasteiger partial charge in [-0.25, -0.2) is 14.6 Å². The average Bonchev–Trinajstić information content (AvgIpc) is 4.03. The first-order valence-electron chi connectivity index (χ1n) is 19.3. The molecule has 2 saturated heterocycles. The van der Waals surface area contributed by atoms with Crippen LogP contribution in [0.3, 0.4) is 0 Å². The van der Waals surface area contributed by atoms with Crippen LogP contribution in [0.4, 0.5) is 9.59 Å². The number of nitrogens with zero attached hydrogens (tertiary/aromatic N) is 3. The average molecular weight is 750 g/mol. The Hall–Kier alpha value is -5.59. The van der Waals surface area contributed by atoms with Gasteiger partial charge in [0.25, 0.3) is 0 Å². The lowest BCUT2D eigenvalue weighted by Gasteiger charge is -2.29. The van der Waals surface area contributed by atoms with Crippen LogP contribution >= 0.6 is 0 Å². The minimum absolute atomic E-state index is 0.108. The maximum atomic E-state index is 13.8. The molecule has 13 heteroatoms. The van der Waals surface area contributed by atoms with Crippen molar-refractivity contribution in [3.63, 3.8) is 0 Å². The highest BCUT2D eigenvalue weighted by Gasteiger charge is 2.39. The number of likely N-dealkylation sites (tertiary alicyclic amines) is 2. The van der Waals surface area contributed by atoms with E-state index in [0.717, 1.165) is 89.9 Å². The molecule has 2 aromatic carbocycles. The first-order valence-corrected chi connectivity index (χ1v) is 19.3. The number of fused-ring (bicyclic) bond motifs is 2. The van der Waals surface area contributed by atoms with E-state index in [9.17, 15) is 19.2 Å². The summed E-state index contributed by atoms with van der Waals surface area (Å²) in [5.74, 6) is 0.324. The fraction of sp³-hybridized carbons (Fsp3) is 0.452. The molecule has 2 aromatic heterocycles. The molecule has 4 aromatic rings. The SMILES string of the molecule is C=C(C)[C@H](NC(=O)OC)C(=O)N1CCC[C@H]1c1[nH]c(-c2ccc(-c3ccc4nc([C@@H]5CCCN5C(=O)[C@@H](NC(=O)OC)C(C)C)[nH]c4c3)cc2)c2c1CCC2. The van der Waals surface area contributed by atoms with Gasteiger partial charge < -0.3 is 39.9 Å². The van der Waals surface area contributed by atoms with E-state index in [1.807, 2.05) is 29.7 Å². The number of rotatable bonds is 10. The van der Waals surface area contributed by atoms with Gasteiger partial charge >= 0.3 is 12.2 Å². The Labute approximate surface area is 321 Å². The summed E-state index contributed by atoms with van der Waals surface area (Å²) in [6.45, 7) is 10.7. The van der Waals surface area contributed by atoms with Crippen molar-refractivity contribution >= 4 is 35.0 Å². The van der Waals surface area contributed by atoms with E-state index < -0.39 is 24.3 Å². The first-order chi connectivity index (χ1) is 26.5. The number of hydrogen-bond donors (Lipinski definition) is 4. The number of aromatic amines is 2. The summed E-state index contributed by atoms with van der Waals surface area (Å²) in [6, 6.07) is 12.9. The zero-order valence-electron chi connectivity index (χ0n) is 32.3. The van der Waals surface area contributed by atoms with E-state index in [1.54, 1.807) is 6.92 Å². The van der Waals surface area contributed by atoms with Crippen LogP contribution in [0.5, 0.6) is 0 Å². The van der Waals surface area contributed by atoms with E-state index >= 15 is 0 Å². The maximum Gasteiger partial charge on any atom is 0.407 e. The zero-order valence-corrected chi connectivity index (χ0v) is 32.3. The second-order valence-electron chi connectivity index (χ2n) is 15.3. The number of methoxy groups -OCH3 is 2. The van der Waals surface area contributed by atoms with E-state index in [4.69, 9.17) is 14.5 Å². The number of carbonyl (C=O) groups excluding carboxylic acids is 4. The normalized spacial score (nSPS) is 19.0. The number of aromatic nitrogens is 3. The highest BCUT2D eigenvalue weighted by Crippen LogP contribution is 2.42. The summed E-state index contributed by atoms with van der Waals surface area (Å²) in [7, 11) is 2.58. The number of ether oxygens (including phenoxy) is 2. The van der Waals surface area contributed by atoms with Crippen LogP contribution in [0.1, 0.15) is 87.6 Å². The van der Waals surface area contributed by atoms with Crippen molar-refractivity contribution in [2.24, 2.45) is 5.92 Å². The lowest BCUT2D eigenvalue weighted by Crippen LogP contribution is -2.51. The van der Waals surface area contributed by atoms with Crippen molar-refractivity contribution in [3.8, 4) is 22.4 Å². The third kappa shape index (κ3) is 7.31. The number of carbonyl (C=O) groups is 4. The van der Waals surface area contributed by atoms with Gasteiger partial charge in [-0.3, -0.25) is 9.59 Å². The lowest BCUT2D eigenvalue weighted by atomic mass is 10.00. The molecule has 7 rings (SSSR count). The van der Waals surface area contributed by atoms with Crippen molar-refractivity contribution in [2.45, 2.75) is 89.9 Å². The van der Waals surface area contributed by atoms with Crippen molar-refractivity contribution < 1.29 is 28.7 Å². The predicted octanol–water partition coefficient (Wildman–Crippen LogP) is 6.72. The lowest BCUT2D eigenvalue weighted by molar-refractivity contribution is -0.135. The van der Waals surface area contributed by atoms with Crippen LogP contribution < -0.4 is 10.6 Å². The number of H-pyrrole nitrogens is 2. The zero-order chi connectivity index (χ0) is 39.0. The number of benzene rings is 2. The van der Waals surface area contributed by atoms with Crippen LogP contribution in [0.2, 0.25) is 0 Å². The molecule has 4 N–H and O–H groups in total. The number of imidazole rings is 1. The second kappa shape index (κ2) is 15.6. The first kappa shape index (κ1) is 37.7. The molecule has 13 nitrogen and oxygen atoms in total. The molecule has 3 aliphatic rings. The van der Waals surface area contributed by atoms with Crippen molar-refractivity contribution in [1.82, 2.24) is 35.4 Å². The molecule has 1 aliphatic carbocycles. The third-order valence-corrected chi connectivity index (χ3v) is 11.4. The topological polar surface area (TPSA) is 162 Å². The molecule has 0 bridgehead atoms. The van der Waals surface area contributed by atoms with Gasteiger partial charge in [0.2, 0.25) is 11.8 Å². The fourth-order valence-electron chi connectivity index (χ4n) is 8.59. The molecule has 4 amide bonds. The number of nitrogens with one attached hydrogen (secondary N) is 4. The van der Waals surface area contributed by atoms with E-state index in [1.165, 1.54) is 25.3 Å².